The van der Waals surface area contributed by atoms with E-state index in [1.165, 1.54) is 77.2 Å². The molecule has 2 fully saturated rings. The maximum atomic E-state index is 3.96. The summed E-state index contributed by atoms with van der Waals surface area (Å²) in [5.41, 5.74) is 0. The monoisotopic (exact) mass is 315 g/mol. The van der Waals surface area contributed by atoms with Gasteiger partial charge in [0, 0.05) is 10.4 Å². The van der Waals surface area contributed by atoms with E-state index in [-0.39, 0.29) is 0 Å². The zero-order chi connectivity index (χ0) is 12.8. The Labute approximate surface area is 122 Å². The number of hydrogen-bond donors (Lipinski definition) is 1. The van der Waals surface area contributed by atoms with Gasteiger partial charge in [-0.3, -0.25) is 0 Å². The molecule has 2 heteroatoms. The average Bonchev–Trinajstić information content (AvgIpc) is 2.44. The van der Waals surface area contributed by atoms with Gasteiger partial charge in [0.25, 0.3) is 0 Å². The second-order valence-electron chi connectivity index (χ2n) is 6.74. The normalized spacial score (nSPS) is 37.3. The van der Waals surface area contributed by atoms with Crippen molar-refractivity contribution < 1.29 is 0 Å². The largest absolute Gasteiger partial charge is 0.314 e. The number of halogens is 1. The summed E-state index contributed by atoms with van der Waals surface area (Å²) in [6.45, 7) is 3.62. The molecule has 2 atom stereocenters. The van der Waals surface area contributed by atoms with Crippen LogP contribution in [0.15, 0.2) is 0 Å². The van der Waals surface area contributed by atoms with Gasteiger partial charge in [0.05, 0.1) is 0 Å². The first-order valence-electron chi connectivity index (χ1n) is 8.10. The van der Waals surface area contributed by atoms with E-state index in [2.05, 4.69) is 28.2 Å². The molecule has 18 heavy (non-hydrogen) atoms. The first-order valence-corrected chi connectivity index (χ1v) is 8.89. The smallest absolute Gasteiger partial charge is 0.0245 e. The third kappa shape index (κ3) is 4.85. The van der Waals surface area contributed by atoms with Crippen molar-refractivity contribution in [1.82, 2.24) is 5.32 Å². The van der Waals surface area contributed by atoms with Crippen LogP contribution in [0.2, 0.25) is 0 Å². The van der Waals surface area contributed by atoms with Crippen molar-refractivity contribution in [1.29, 1.82) is 0 Å². The van der Waals surface area contributed by atoms with E-state index in [0.717, 1.165) is 12.0 Å². The summed E-state index contributed by atoms with van der Waals surface area (Å²) in [5, 5.41) is 3.85. The fourth-order valence-corrected chi connectivity index (χ4v) is 4.41. The van der Waals surface area contributed by atoms with Crippen molar-refractivity contribution in [3.63, 3.8) is 0 Å². The number of nitrogens with one attached hydrogen (secondary N) is 1. The molecule has 0 aromatic carbocycles. The second kappa shape index (κ2) is 7.28. The molecule has 0 spiro atoms. The van der Waals surface area contributed by atoms with E-state index in [0.29, 0.717) is 4.32 Å². The van der Waals surface area contributed by atoms with Gasteiger partial charge in [-0.1, -0.05) is 54.5 Å². The van der Waals surface area contributed by atoms with Crippen molar-refractivity contribution in [3.05, 3.63) is 0 Å². The van der Waals surface area contributed by atoms with Crippen LogP contribution in [0, 0.1) is 5.92 Å². The lowest BCUT2D eigenvalue weighted by Crippen LogP contribution is -2.38. The highest BCUT2D eigenvalue weighted by molar-refractivity contribution is 9.10. The standard InChI is InChI=1S/C16H30BrN/c1-16(17)11-8-12-18-15(13-16)14-9-6-4-2-3-5-7-10-14/h14-15,18H,2-13H2,1H3. The van der Waals surface area contributed by atoms with Crippen molar-refractivity contribution in [2.24, 2.45) is 5.92 Å². The van der Waals surface area contributed by atoms with E-state index >= 15 is 0 Å². The molecule has 0 aromatic heterocycles. The maximum absolute atomic E-state index is 3.96. The molecule has 2 rings (SSSR count). The van der Waals surface area contributed by atoms with Gasteiger partial charge in [0.2, 0.25) is 0 Å². The molecule has 1 N–H and O–H groups in total. The Morgan fingerprint density at radius 2 is 1.56 bits per heavy atom. The van der Waals surface area contributed by atoms with Crippen LogP contribution in [-0.2, 0) is 0 Å². The number of alkyl halides is 1. The minimum absolute atomic E-state index is 0.375. The van der Waals surface area contributed by atoms with Crippen LogP contribution in [0.4, 0.5) is 0 Å². The van der Waals surface area contributed by atoms with Crippen LogP contribution in [-0.4, -0.2) is 16.9 Å². The Morgan fingerprint density at radius 3 is 2.22 bits per heavy atom. The average molecular weight is 316 g/mol. The van der Waals surface area contributed by atoms with E-state index in [9.17, 15) is 0 Å². The van der Waals surface area contributed by atoms with Crippen molar-refractivity contribution in [2.75, 3.05) is 6.54 Å². The van der Waals surface area contributed by atoms with Crippen LogP contribution in [0.5, 0.6) is 0 Å². The summed E-state index contributed by atoms with van der Waals surface area (Å²) in [5.74, 6) is 0.929. The van der Waals surface area contributed by atoms with Gasteiger partial charge < -0.3 is 5.32 Å². The lowest BCUT2D eigenvalue weighted by molar-refractivity contribution is 0.291. The van der Waals surface area contributed by atoms with Gasteiger partial charge in [-0.2, -0.15) is 0 Å². The SMILES string of the molecule is CC1(Br)CCCNC(C2CCCCCCCC2)C1. The predicted octanol–water partition coefficient (Wildman–Crippen LogP) is 5.03. The molecule has 1 saturated heterocycles. The second-order valence-corrected chi connectivity index (χ2v) is 8.65. The summed E-state index contributed by atoms with van der Waals surface area (Å²) < 4.78 is 0.375. The Morgan fingerprint density at radius 1 is 0.944 bits per heavy atom. The van der Waals surface area contributed by atoms with Crippen molar-refractivity contribution in [2.45, 2.75) is 87.9 Å². The first kappa shape index (κ1) is 14.8. The third-order valence-corrected chi connectivity index (χ3v) is 5.62. The Balaban J connectivity index is 1.93. The molecule has 0 bridgehead atoms. The lowest BCUT2D eigenvalue weighted by atomic mass is 9.84. The van der Waals surface area contributed by atoms with Gasteiger partial charge in [-0.25, -0.2) is 0 Å². The molecule has 1 saturated carbocycles. The quantitative estimate of drug-likeness (QED) is 0.669. The highest BCUT2D eigenvalue weighted by atomic mass is 79.9. The molecular weight excluding hydrogens is 286 g/mol. The summed E-state index contributed by atoms with van der Waals surface area (Å²) in [4.78, 5) is 0. The zero-order valence-corrected chi connectivity index (χ0v) is 13.6. The highest BCUT2D eigenvalue weighted by Gasteiger charge is 2.31. The molecule has 0 amide bonds. The van der Waals surface area contributed by atoms with Crippen LogP contribution < -0.4 is 5.32 Å². The lowest BCUT2D eigenvalue weighted by Gasteiger charge is -2.31. The molecule has 1 heterocycles. The zero-order valence-electron chi connectivity index (χ0n) is 12.0. The minimum Gasteiger partial charge on any atom is -0.314 e. The van der Waals surface area contributed by atoms with E-state index < -0.39 is 0 Å². The Hall–Kier alpha value is 0.440. The van der Waals surface area contributed by atoms with Gasteiger partial charge in [0.1, 0.15) is 0 Å². The predicted molar refractivity (Wildman–Crippen MR) is 83.4 cm³/mol. The van der Waals surface area contributed by atoms with Gasteiger partial charge in [-0.05, 0) is 51.5 Å². The number of rotatable bonds is 1. The van der Waals surface area contributed by atoms with Crippen LogP contribution >= 0.6 is 15.9 Å². The summed E-state index contributed by atoms with van der Waals surface area (Å²) in [6.07, 6.45) is 15.7. The van der Waals surface area contributed by atoms with Crippen molar-refractivity contribution >= 4 is 15.9 Å². The summed E-state index contributed by atoms with van der Waals surface area (Å²) in [7, 11) is 0. The van der Waals surface area contributed by atoms with Gasteiger partial charge in [0.15, 0.2) is 0 Å². The molecule has 106 valence electrons. The fraction of sp³-hybridized carbons (Fsp3) is 1.00. The highest BCUT2D eigenvalue weighted by Crippen LogP contribution is 2.35. The van der Waals surface area contributed by atoms with Crippen LogP contribution in [0.3, 0.4) is 0 Å². The van der Waals surface area contributed by atoms with Gasteiger partial charge in [-0.15, -0.1) is 0 Å². The maximum Gasteiger partial charge on any atom is 0.0245 e. The van der Waals surface area contributed by atoms with E-state index in [1.54, 1.807) is 0 Å². The number of hydrogen-bond acceptors (Lipinski definition) is 1. The molecule has 0 aromatic rings. The molecule has 2 unspecified atom stereocenters. The topological polar surface area (TPSA) is 12.0 Å². The summed E-state index contributed by atoms with van der Waals surface area (Å²) >= 11 is 3.96. The van der Waals surface area contributed by atoms with E-state index in [4.69, 9.17) is 0 Å². The van der Waals surface area contributed by atoms with E-state index in [1.807, 2.05) is 0 Å². The fourth-order valence-electron chi connectivity index (χ4n) is 3.78. The van der Waals surface area contributed by atoms with Crippen LogP contribution in [0.1, 0.15) is 77.6 Å². The minimum atomic E-state index is 0.375. The molecule has 1 aliphatic heterocycles. The summed E-state index contributed by atoms with van der Waals surface area (Å²) in [6, 6.07) is 0.759. The first-order chi connectivity index (χ1) is 8.67. The third-order valence-electron chi connectivity index (χ3n) is 4.90. The molecule has 1 aliphatic carbocycles. The van der Waals surface area contributed by atoms with Gasteiger partial charge >= 0.3 is 0 Å². The Kier molecular flexibility index (Phi) is 6.00. The van der Waals surface area contributed by atoms with Crippen molar-refractivity contribution in [3.8, 4) is 0 Å². The van der Waals surface area contributed by atoms with Crippen LogP contribution in [0.25, 0.3) is 0 Å². The Bertz CT molecular complexity index is 229. The molecule has 1 nitrogen and oxygen atoms in total. The molecule has 2 aliphatic rings. The molecule has 0 radical (unpaired) electrons. The molecular formula is C16H30BrN.